The maximum absolute atomic E-state index is 14.2. The summed E-state index contributed by atoms with van der Waals surface area (Å²) in [7, 11) is 1.96. The number of rotatable bonds is 5. The van der Waals surface area contributed by atoms with Crippen molar-refractivity contribution in [2.24, 2.45) is 5.92 Å². The number of aromatic nitrogens is 4. The van der Waals surface area contributed by atoms with Crippen molar-refractivity contribution < 1.29 is 18.2 Å². The molecule has 2 aliphatic heterocycles. The fourth-order valence-electron chi connectivity index (χ4n) is 5.40. The van der Waals surface area contributed by atoms with Gasteiger partial charge in [0.25, 0.3) is 0 Å². The number of H-pyrrole nitrogens is 1. The van der Waals surface area contributed by atoms with Gasteiger partial charge < -0.3 is 0 Å². The van der Waals surface area contributed by atoms with Crippen molar-refractivity contribution in [2.45, 2.75) is 27.8 Å². The third-order valence-electron chi connectivity index (χ3n) is 7.13. The summed E-state index contributed by atoms with van der Waals surface area (Å²) in [6.45, 7) is 1.39. The van der Waals surface area contributed by atoms with E-state index < -0.39 is 11.6 Å². The van der Waals surface area contributed by atoms with E-state index in [2.05, 4.69) is 30.7 Å². The second kappa shape index (κ2) is 10.6. The normalized spacial score (nSPS) is 20.1. The Balaban J connectivity index is 1.20. The molecule has 11 heteroatoms. The zero-order valence-electron chi connectivity index (χ0n) is 20.7. The summed E-state index contributed by atoms with van der Waals surface area (Å²) < 4.78 is 35.2. The number of nitrogens with one attached hydrogen (secondary N) is 2. The number of hydrogen-bond donors (Lipinski definition) is 2. The summed E-state index contributed by atoms with van der Waals surface area (Å²) in [4.78, 5) is 15.4. The molecule has 196 valence electrons. The summed E-state index contributed by atoms with van der Waals surface area (Å²) in [6.07, 6.45) is 2.93. The Bertz CT molecular complexity index is 1510. The van der Waals surface area contributed by atoms with Gasteiger partial charge in [-0.15, -0.1) is 0 Å². The number of piperidine rings is 1. The number of amides is 1. The Morgan fingerprint density at radius 1 is 1.18 bits per heavy atom. The first kappa shape index (κ1) is 25.2. The molecule has 2 aliphatic rings. The molecular weight excluding hydrogens is 606 g/mol. The van der Waals surface area contributed by atoms with Crippen LogP contribution in [-0.2, 0) is 10.9 Å². The van der Waals surface area contributed by atoms with Crippen molar-refractivity contribution in [3.63, 3.8) is 0 Å². The Morgan fingerprint density at radius 2 is 2.03 bits per heavy atom. The van der Waals surface area contributed by atoms with Crippen molar-refractivity contribution >= 4 is 49.4 Å². The molecule has 0 radical (unpaired) electrons. The van der Waals surface area contributed by atoms with E-state index >= 15 is 0 Å². The van der Waals surface area contributed by atoms with Crippen molar-refractivity contribution in [1.82, 2.24) is 30.7 Å². The topological polar surface area (TPSA) is 99.9 Å². The predicted octanol–water partition coefficient (Wildman–Crippen LogP) is 3.69. The number of benzene rings is 2. The fraction of sp³-hybridized carbons (Fsp3) is 0.333. The van der Waals surface area contributed by atoms with E-state index in [1.165, 1.54) is 18.2 Å². The third-order valence-corrected chi connectivity index (χ3v) is 9.97. The van der Waals surface area contributed by atoms with Gasteiger partial charge >= 0.3 is 184 Å². The van der Waals surface area contributed by atoms with Crippen molar-refractivity contribution in [3.05, 3.63) is 76.2 Å². The molecule has 0 spiro atoms. The number of fused-ring (bicyclic) bond motifs is 2. The van der Waals surface area contributed by atoms with Gasteiger partial charge in [-0.25, -0.2) is 8.78 Å². The van der Waals surface area contributed by atoms with Gasteiger partial charge in [0.15, 0.2) is 0 Å². The average molecular weight is 632 g/mol. The first-order valence-electron chi connectivity index (χ1n) is 12.4. The molecular formula is C27H26F2N6O2Te. The van der Waals surface area contributed by atoms with E-state index in [0.717, 1.165) is 42.5 Å². The molecule has 0 saturated carbocycles. The summed E-state index contributed by atoms with van der Waals surface area (Å²) >= 11 is -0.352. The van der Waals surface area contributed by atoms with Gasteiger partial charge in [0.1, 0.15) is 11.6 Å². The van der Waals surface area contributed by atoms with Gasteiger partial charge in [-0.2, -0.15) is 0 Å². The zero-order chi connectivity index (χ0) is 26.2. The summed E-state index contributed by atoms with van der Waals surface area (Å²) in [5.74, 6) is -1.20. The molecule has 1 amide bonds. The molecule has 8 nitrogen and oxygen atoms in total. The van der Waals surface area contributed by atoms with E-state index in [-0.39, 0.29) is 44.4 Å². The van der Waals surface area contributed by atoms with Crippen LogP contribution in [0, 0.1) is 17.6 Å². The predicted molar refractivity (Wildman–Crippen MR) is 139 cm³/mol. The minimum atomic E-state index is -0.523. The molecule has 2 aromatic carbocycles. The van der Waals surface area contributed by atoms with Crippen LogP contribution in [0.2, 0.25) is 4.47 Å². The van der Waals surface area contributed by atoms with Crippen molar-refractivity contribution in [3.8, 4) is 0 Å². The number of carbonyl (C=O) groups excluding carboxylic acids is 1. The number of likely N-dealkylation sites (N-methyl/N-ethyl adjacent to an activating group) is 1. The van der Waals surface area contributed by atoms with E-state index in [9.17, 15) is 13.6 Å². The van der Waals surface area contributed by atoms with Crippen LogP contribution in [0.3, 0.4) is 0 Å². The number of allylic oxidation sites excluding steroid dienone is 1. The molecule has 2 N–H and O–H groups in total. The van der Waals surface area contributed by atoms with Gasteiger partial charge in [-0.3, -0.25) is 0 Å². The van der Waals surface area contributed by atoms with Crippen LogP contribution in [0.1, 0.15) is 39.4 Å². The van der Waals surface area contributed by atoms with Gasteiger partial charge in [0.2, 0.25) is 0 Å². The van der Waals surface area contributed by atoms with E-state index in [0.29, 0.717) is 31.5 Å². The van der Waals surface area contributed by atoms with E-state index in [1.807, 2.05) is 25.3 Å². The molecule has 2 aromatic heterocycles. The maximum atomic E-state index is 14.2. The molecule has 1 saturated heterocycles. The third kappa shape index (κ3) is 5.10. The number of hydrogen-bond acceptors (Lipinski definition) is 6. The van der Waals surface area contributed by atoms with Crippen LogP contribution in [0.25, 0.3) is 22.6 Å². The van der Waals surface area contributed by atoms with Crippen LogP contribution in [0.5, 0.6) is 0 Å². The number of carbonyl (C=O) groups is 1. The molecule has 38 heavy (non-hydrogen) atoms. The van der Waals surface area contributed by atoms with Gasteiger partial charge in [-0.1, -0.05) is 6.07 Å². The SMILES string of the molecule is CN1C[C@H](Cc2c(F)cccc2F)C[C@@H](NC(=O)c2ccc3[nH]nc(C4=Cc5nonc5C[Te]C4)c3c2)C1. The quantitative estimate of drug-likeness (QED) is 0.326. The first-order chi connectivity index (χ1) is 18.4. The molecule has 2 atom stereocenters. The standard InChI is InChI=1S/C27H26F2N6O2Te/c1-35-11-15(8-19-21(28)3-2-4-22(19)29)7-18(12-35)30-27(36)16-5-6-23-20(9-16)26(32-31-23)17-10-24-25(14-38-13-17)34-37-33-24/h2-6,9-10,15,18H,7-8,11-14H2,1H3,(H,30,36)(H,31,32)/t15-,18+/m0/s1. The monoisotopic (exact) mass is 634 g/mol. The van der Waals surface area contributed by atoms with Crippen LogP contribution < -0.4 is 5.32 Å². The van der Waals surface area contributed by atoms with Crippen LogP contribution in [0.15, 0.2) is 41.0 Å². The van der Waals surface area contributed by atoms with Crippen LogP contribution in [-0.4, -0.2) is 78.4 Å². The van der Waals surface area contributed by atoms with Crippen molar-refractivity contribution in [1.29, 1.82) is 0 Å². The second-order valence-electron chi connectivity index (χ2n) is 9.99. The molecule has 4 aromatic rings. The molecule has 6 rings (SSSR count). The molecule has 0 bridgehead atoms. The van der Waals surface area contributed by atoms with Crippen LogP contribution in [0.4, 0.5) is 8.78 Å². The molecule has 1 fully saturated rings. The fourth-order valence-corrected chi connectivity index (χ4v) is 8.08. The van der Waals surface area contributed by atoms with E-state index in [1.54, 1.807) is 6.07 Å². The Labute approximate surface area is 227 Å². The number of halogens is 2. The first-order valence-corrected chi connectivity index (χ1v) is 15.7. The Kier molecular flexibility index (Phi) is 6.99. The number of nitrogens with zero attached hydrogens (tertiary/aromatic N) is 4. The second-order valence-corrected chi connectivity index (χ2v) is 12.8. The summed E-state index contributed by atoms with van der Waals surface area (Å²) in [5, 5.41) is 19.7. The van der Waals surface area contributed by atoms with E-state index in [4.69, 9.17) is 4.63 Å². The Morgan fingerprint density at radius 3 is 2.87 bits per heavy atom. The van der Waals surface area contributed by atoms with Crippen LogP contribution >= 0.6 is 0 Å². The summed E-state index contributed by atoms with van der Waals surface area (Å²) in [6, 6.07) is 9.36. The number of likely N-dealkylation sites (tertiary alicyclic amines) is 1. The molecule has 4 heterocycles. The molecule has 0 unspecified atom stereocenters. The average Bonchev–Trinajstić information content (AvgIpc) is 3.47. The minimum absolute atomic E-state index is 0.0235. The van der Waals surface area contributed by atoms with Gasteiger partial charge in [0, 0.05) is 5.56 Å². The summed E-state index contributed by atoms with van der Waals surface area (Å²) in [5.41, 5.74) is 5.04. The zero-order valence-corrected chi connectivity index (χ0v) is 23.0. The number of aromatic amines is 1. The van der Waals surface area contributed by atoms with Gasteiger partial charge in [0.05, 0.1) is 0 Å². The molecule has 0 aliphatic carbocycles. The Hall–Kier alpha value is -3.13. The van der Waals surface area contributed by atoms with Crippen molar-refractivity contribution in [2.75, 3.05) is 20.1 Å². The van der Waals surface area contributed by atoms with Gasteiger partial charge in [-0.05, 0) is 12.1 Å².